The fourth-order valence-electron chi connectivity index (χ4n) is 2.36. The SMILES string of the molecule is CN(Cc1ccc(OCC(=O)O)cc1)C(=O)CCc1ccc(Cl)cc1Cl. The van der Waals surface area contributed by atoms with Crippen molar-refractivity contribution in [3.63, 3.8) is 0 Å². The first-order valence-electron chi connectivity index (χ1n) is 7.96. The molecule has 0 bridgehead atoms. The molecule has 2 rings (SSSR count). The summed E-state index contributed by atoms with van der Waals surface area (Å²) < 4.78 is 5.08. The summed E-state index contributed by atoms with van der Waals surface area (Å²) in [6.45, 7) is 0.0669. The molecule has 0 radical (unpaired) electrons. The van der Waals surface area contributed by atoms with E-state index < -0.39 is 5.97 Å². The summed E-state index contributed by atoms with van der Waals surface area (Å²) in [6.07, 6.45) is 0.888. The lowest BCUT2D eigenvalue weighted by molar-refractivity contribution is -0.139. The topological polar surface area (TPSA) is 66.8 Å². The van der Waals surface area contributed by atoms with Gasteiger partial charge in [-0.2, -0.15) is 0 Å². The molecule has 1 N–H and O–H groups in total. The molecule has 0 saturated carbocycles. The molecule has 0 aliphatic rings. The molecule has 138 valence electrons. The van der Waals surface area contributed by atoms with Crippen molar-refractivity contribution in [3.8, 4) is 5.75 Å². The van der Waals surface area contributed by atoms with E-state index in [-0.39, 0.29) is 12.5 Å². The number of halogens is 2. The van der Waals surface area contributed by atoms with Crippen molar-refractivity contribution in [1.29, 1.82) is 0 Å². The van der Waals surface area contributed by atoms with Crippen LogP contribution in [0, 0.1) is 0 Å². The lowest BCUT2D eigenvalue weighted by Gasteiger charge is -2.18. The van der Waals surface area contributed by atoms with E-state index in [1.54, 1.807) is 48.3 Å². The minimum absolute atomic E-state index is 0.00206. The number of nitrogens with zero attached hydrogens (tertiary/aromatic N) is 1. The van der Waals surface area contributed by atoms with Crippen molar-refractivity contribution in [3.05, 3.63) is 63.6 Å². The second-order valence-electron chi connectivity index (χ2n) is 5.81. The minimum Gasteiger partial charge on any atom is -0.482 e. The summed E-state index contributed by atoms with van der Waals surface area (Å²) in [5, 5.41) is 9.72. The van der Waals surface area contributed by atoms with E-state index in [0.29, 0.717) is 35.2 Å². The number of hydrogen-bond donors (Lipinski definition) is 1. The quantitative estimate of drug-likeness (QED) is 0.731. The highest BCUT2D eigenvalue weighted by Crippen LogP contribution is 2.22. The van der Waals surface area contributed by atoms with E-state index >= 15 is 0 Å². The van der Waals surface area contributed by atoms with Crippen LogP contribution in [-0.4, -0.2) is 35.5 Å². The molecule has 26 heavy (non-hydrogen) atoms. The summed E-state index contributed by atoms with van der Waals surface area (Å²) in [6, 6.07) is 12.2. The summed E-state index contributed by atoms with van der Waals surface area (Å²) in [5.74, 6) is -0.551. The van der Waals surface area contributed by atoms with E-state index in [0.717, 1.165) is 11.1 Å². The molecule has 0 heterocycles. The minimum atomic E-state index is -1.03. The van der Waals surface area contributed by atoms with Crippen LogP contribution >= 0.6 is 23.2 Å². The number of carbonyl (C=O) groups is 2. The largest absolute Gasteiger partial charge is 0.482 e. The number of carbonyl (C=O) groups excluding carboxylic acids is 1. The third kappa shape index (κ3) is 6.24. The number of amides is 1. The molecule has 2 aromatic carbocycles. The summed E-state index contributed by atoms with van der Waals surface area (Å²) in [7, 11) is 1.74. The zero-order chi connectivity index (χ0) is 19.1. The van der Waals surface area contributed by atoms with Crippen molar-refractivity contribution in [2.24, 2.45) is 0 Å². The number of aryl methyl sites for hydroxylation is 1. The van der Waals surface area contributed by atoms with E-state index in [9.17, 15) is 9.59 Å². The molecule has 0 atom stereocenters. The van der Waals surface area contributed by atoms with E-state index in [4.69, 9.17) is 33.0 Å². The Balaban J connectivity index is 1.85. The molecular weight excluding hydrogens is 377 g/mol. The maximum Gasteiger partial charge on any atom is 0.341 e. The summed E-state index contributed by atoms with van der Waals surface area (Å²) in [4.78, 5) is 24.4. The Bertz CT molecular complexity index is 778. The van der Waals surface area contributed by atoms with Gasteiger partial charge in [-0.25, -0.2) is 4.79 Å². The van der Waals surface area contributed by atoms with Gasteiger partial charge in [0.25, 0.3) is 0 Å². The fourth-order valence-corrected chi connectivity index (χ4v) is 2.86. The van der Waals surface area contributed by atoms with Crippen LogP contribution in [0.15, 0.2) is 42.5 Å². The van der Waals surface area contributed by atoms with Gasteiger partial charge in [0.05, 0.1) is 0 Å². The molecular formula is C19H19Cl2NO4. The van der Waals surface area contributed by atoms with Crippen LogP contribution < -0.4 is 4.74 Å². The second-order valence-corrected chi connectivity index (χ2v) is 6.66. The molecule has 7 heteroatoms. The number of aliphatic carboxylic acids is 1. The van der Waals surface area contributed by atoms with Crippen molar-refractivity contribution >= 4 is 35.1 Å². The maximum atomic E-state index is 12.3. The molecule has 5 nitrogen and oxygen atoms in total. The Morgan fingerprint density at radius 1 is 1.12 bits per heavy atom. The van der Waals surface area contributed by atoms with Gasteiger partial charge in [0.15, 0.2) is 6.61 Å². The summed E-state index contributed by atoms with van der Waals surface area (Å²) >= 11 is 12.0. The molecule has 0 unspecified atom stereocenters. The van der Waals surface area contributed by atoms with Gasteiger partial charge in [0.1, 0.15) is 5.75 Å². The van der Waals surface area contributed by atoms with E-state index in [1.165, 1.54) is 0 Å². The first kappa shape index (κ1) is 20.1. The highest BCUT2D eigenvalue weighted by Gasteiger charge is 2.11. The Kier molecular flexibility index (Phi) is 7.30. The number of rotatable bonds is 8. The molecule has 0 aliphatic carbocycles. The van der Waals surface area contributed by atoms with Crippen molar-refractivity contribution < 1.29 is 19.4 Å². The van der Waals surface area contributed by atoms with Gasteiger partial charge in [0, 0.05) is 30.1 Å². The van der Waals surface area contributed by atoms with Crippen LogP contribution in [0.3, 0.4) is 0 Å². The molecule has 0 saturated heterocycles. The lowest BCUT2D eigenvalue weighted by Crippen LogP contribution is -2.26. The first-order chi connectivity index (χ1) is 12.3. The van der Waals surface area contributed by atoms with Crippen LogP contribution in [0.1, 0.15) is 17.5 Å². The normalized spacial score (nSPS) is 10.4. The number of benzene rings is 2. The average molecular weight is 396 g/mol. The highest BCUT2D eigenvalue weighted by molar-refractivity contribution is 6.35. The zero-order valence-electron chi connectivity index (χ0n) is 14.2. The van der Waals surface area contributed by atoms with Crippen LogP contribution in [0.25, 0.3) is 0 Å². The van der Waals surface area contributed by atoms with Gasteiger partial charge in [-0.3, -0.25) is 4.79 Å². The third-order valence-corrected chi connectivity index (χ3v) is 4.34. The Morgan fingerprint density at radius 2 is 1.81 bits per heavy atom. The fraction of sp³-hybridized carbons (Fsp3) is 0.263. The number of ether oxygens (including phenoxy) is 1. The van der Waals surface area contributed by atoms with Gasteiger partial charge >= 0.3 is 5.97 Å². The third-order valence-electron chi connectivity index (χ3n) is 3.75. The van der Waals surface area contributed by atoms with Crippen molar-refractivity contribution in [2.75, 3.05) is 13.7 Å². The molecule has 0 spiro atoms. The molecule has 0 aromatic heterocycles. The smallest absolute Gasteiger partial charge is 0.341 e. The molecule has 0 aliphatic heterocycles. The molecule has 2 aromatic rings. The Morgan fingerprint density at radius 3 is 2.42 bits per heavy atom. The maximum absolute atomic E-state index is 12.3. The second kappa shape index (κ2) is 9.46. The monoisotopic (exact) mass is 395 g/mol. The number of hydrogen-bond acceptors (Lipinski definition) is 3. The van der Waals surface area contributed by atoms with Gasteiger partial charge in [0.2, 0.25) is 5.91 Å². The van der Waals surface area contributed by atoms with Crippen LogP contribution in [0.2, 0.25) is 10.0 Å². The lowest BCUT2D eigenvalue weighted by atomic mass is 10.1. The summed E-state index contributed by atoms with van der Waals surface area (Å²) in [5.41, 5.74) is 1.81. The van der Waals surface area contributed by atoms with Crippen molar-refractivity contribution in [1.82, 2.24) is 4.90 Å². The van der Waals surface area contributed by atoms with Crippen LogP contribution in [0.4, 0.5) is 0 Å². The number of carboxylic acids is 1. The molecule has 1 amide bonds. The predicted molar refractivity (Wildman–Crippen MR) is 101 cm³/mol. The zero-order valence-corrected chi connectivity index (χ0v) is 15.8. The Hall–Kier alpha value is -2.24. The molecule has 0 fully saturated rings. The van der Waals surface area contributed by atoms with Gasteiger partial charge < -0.3 is 14.7 Å². The number of carboxylic acid groups (broad SMARTS) is 1. The van der Waals surface area contributed by atoms with E-state index in [1.807, 2.05) is 6.07 Å². The van der Waals surface area contributed by atoms with Gasteiger partial charge in [-0.1, -0.05) is 41.4 Å². The van der Waals surface area contributed by atoms with E-state index in [2.05, 4.69) is 0 Å². The van der Waals surface area contributed by atoms with Crippen LogP contribution in [0.5, 0.6) is 5.75 Å². The highest BCUT2D eigenvalue weighted by atomic mass is 35.5. The van der Waals surface area contributed by atoms with Gasteiger partial charge in [-0.15, -0.1) is 0 Å². The average Bonchev–Trinajstić information content (AvgIpc) is 2.60. The first-order valence-corrected chi connectivity index (χ1v) is 8.72. The van der Waals surface area contributed by atoms with Crippen molar-refractivity contribution in [2.45, 2.75) is 19.4 Å². The standard InChI is InChI=1S/C19H19Cl2NO4/c1-22(11-13-2-7-16(8-3-13)26-12-19(24)25)18(23)9-5-14-4-6-15(20)10-17(14)21/h2-4,6-8,10H,5,9,11-12H2,1H3,(H,24,25). The van der Waals surface area contributed by atoms with Gasteiger partial charge in [-0.05, 0) is 41.8 Å². The van der Waals surface area contributed by atoms with Crippen LogP contribution in [-0.2, 0) is 22.6 Å². The predicted octanol–water partition coefficient (Wildman–Crippen LogP) is 4.05. The Labute approximate surface area is 162 Å².